The van der Waals surface area contributed by atoms with Crippen molar-refractivity contribution in [3.63, 3.8) is 0 Å². The largest absolute Gasteiger partial charge is 0.480 e. The first-order valence-electron chi connectivity index (χ1n) is 6.31. The van der Waals surface area contributed by atoms with Crippen LogP contribution in [0.3, 0.4) is 0 Å². The Kier molecular flexibility index (Phi) is 3.86. The Balaban J connectivity index is 2.19. The SMILES string of the molecule is CC(C)(NS(=O)(=O)N1CCc2ccccc2C1)C(=O)O. The molecular formula is C13H18N2O4S. The van der Waals surface area contributed by atoms with Crippen LogP contribution in [0.1, 0.15) is 25.0 Å². The molecule has 6 nitrogen and oxygen atoms in total. The van der Waals surface area contributed by atoms with Crippen molar-refractivity contribution < 1.29 is 18.3 Å². The predicted octanol–water partition coefficient (Wildman–Crippen LogP) is 0.742. The van der Waals surface area contributed by atoms with E-state index in [1.54, 1.807) is 0 Å². The standard InChI is InChI=1S/C13H18N2O4S/c1-13(2,12(16)17)14-20(18,19)15-8-7-10-5-3-4-6-11(10)9-15/h3-6,14H,7-9H2,1-2H3,(H,16,17). The van der Waals surface area contributed by atoms with Crippen LogP contribution in [0, 0.1) is 0 Å². The summed E-state index contributed by atoms with van der Waals surface area (Å²) in [6, 6.07) is 7.66. The summed E-state index contributed by atoms with van der Waals surface area (Å²) in [4.78, 5) is 11.0. The number of rotatable bonds is 4. The van der Waals surface area contributed by atoms with Crippen LogP contribution < -0.4 is 4.72 Å². The lowest BCUT2D eigenvalue weighted by Crippen LogP contribution is -2.55. The van der Waals surface area contributed by atoms with Crippen LogP contribution in [-0.2, 0) is 28.0 Å². The Bertz CT molecular complexity index is 625. The third-order valence-corrected chi connectivity index (χ3v) is 5.11. The van der Waals surface area contributed by atoms with Crippen LogP contribution in [0.2, 0.25) is 0 Å². The molecule has 0 radical (unpaired) electrons. The number of nitrogens with zero attached hydrogens (tertiary/aromatic N) is 1. The topological polar surface area (TPSA) is 86.7 Å². The smallest absolute Gasteiger partial charge is 0.324 e. The highest BCUT2D eigenvalue weighted by Gasteiger charge is 2.36. The van der Waals surface area contributed by atoms with E-state index >= 15 is 0 Å². The van der Waals surface area contributed by atoms with Crippen LogP contribution in [0.4, 0.5) is 0 Å². The Morgan fingerprint density at radius 3 is 2.50 bits per heavy atom. The number of carbonyl (C=O) groups is 1. The first-order valence-corrected chi connectivity index (χ1v) is 7.75. The first-order chi connectivity index (χ1) is 9.22. The molecule has 2 N–H and O–H groups in total. The summed E-state index contributed by atoms with van der Waals surface area (Å²) in [5, 5.41) is 9.02. The van der Waals surface area contributed by atoms with E-state index in [-0.39, 0.29) is 6.54 Å². The minimum absolute atomic E-state index is 0.265. The molecule has 0 aliphatic carbocycles. The third kappa shape index (κ3) is 3.00. The van der Waals surface area contributed by atoms with Crippen LogP contribution in [0.25, 0.3) is 0 Å². The van der Waals surface area contributed by atoms with Gasteiger partial charge < -0.3 is 5.11 Å². The molecule has 1 aliphatic heterocycles. The minimum Gasteiger partial charge on any atom is -0.480 e. The summed E-state index contributed by atoms with van der Waals surface area (Å²) in [6.45, 7) is 3.26. The number of nitrogens with one attached hydrogen (secondary N) is 1. The molecule has 0 aromatic heterocycles. The molecule has 0 fully saturated rings. The van der Waals surface area contributed by atoms with Gasteiger partial charge in [-0.2, -0.15) is 17.4 Å². The molecular weight excluding hydrogens is 280 g/mol. The van der Waals surface area contributed by atoms with E-state index in [1.165, 1.54) is 18.2 Å². The number of fused-ring (bicyclic) bond motifs is 1. The van der Waals surface area contributed by atoms with E-state index in [4.69, 9.17) is 5.11 Å². The van der Waals surface area contributed by atoms with Gasteiger partial charge in [0.2, 0.25) is 0 Å². The molecule has 0 saturated heterocycles. The lowest BCUT2D eigenvalue weighted by atomic mass is 10.0. The fourth-order valence-corrected chi connectivity index (χ4v) is 3.61. The number of benzene rings is 1. The maximum atomic E-state index is 12.3. The predicted molar refractivity (Wildman–Crippen MR) is 74.3 cm³/mol. The van der Waals surface area contributed by atoms with E-state index in [1.807, 2.05) is 24.3 Å². The summed E-state index contributed by atoms with van der Waals surface area (Å²) in [5.74, 6) is -1.21. The second-order valence-corrected chi connectivity index (χ2v) is 7.06. The van der Waals surface area contributed by atoms with Crippen molar-refractivity contribution >= 4 is 16.2 Å². The normalized spacial score (nSPS) is 16.7. The quantitative estimate of drug-likeness (QED) is 0.858. The van der Waals surface area contributed by atoms with Gasteiger partial charge in [0.1, 0.15) is 5.54 Å². The van der Waals surface area contributed by atoms with Crippen molar-refractivity contribution in [3.05, 3.63) is 35.4 Å². The third-order valence-electron chi connectivity index (χ3n) is 3.35. The highest BCUT2D eigenvalue weighted by Crippen LogP contribution is 2.21. The van der Waals surface area contributed by atoms with Gasteiger partial charge in [-0.25, -0.2) is 0 Å². The molecule has 20 heavy (non-hydrogen) atoms. The summed E-state index contributed by atoms with van der Waals surface area (Å²) in [5.41, 5.74) is 0.559. The Morgan fingerprint density at radius 2 is 1.90 bits per heavy atom. The fraction of sp³-hybridized carbons (Fsp3) is 0.462. The zero-order valence-electron chi connectivity index (χ0n) is 11.5. The van der Waals surface area contributed by atoms with E-state index < -0.39 is 21.7 Å². The number of carboxylic acid groups (broad SMARTS) is 1. The molecule has 2 rings (SSSR count). The zero-order valence-corrected chi connectivity index (χ0v) is 12.3. The molecule has 0 bridgehead atoms. The highest BCUT2D eigenvalue weighted by atomic mass is 32.2. The second kappa shape index (κ2) is 5.16. The van der Waals surface area contributed by atoms with Gasteiger partial charge in [0.15, 0.2) is 0 Å². The Hall–Kier alpha value is -1.44. The van der Waals surface area contributed by atoms with Crippen LogP contribution in [-0.4, -0.2) is 35.9 Å². The van der Waals surface area contributed by atoms with Crippen LogP contribution in [0.15, 0.2) is 24.3 Å². The molecule has 0 unspecified atom stereocenters. The van der Waals surface area contributed by atoms with Gasteiger partial charge in [-0.05, 0) is 31.4 Å². The Labute approximate surface area is 118 Å². The van der Waals surface area contributed by atoms with Crippen molar-refractivity contribution in [2.24, 2.45) is 0 Å². The molecule has 0 atom stereocenters. The number of hydrogen-bond donors (Lipinski definition) is 2. The molecule has 1 aromatic carbocycles. The maximum absolute atomic E-state index is 12.3. The van der Waals surface area contributed by atoms with Gasteiger partial charge in [0, 0.05) is 13.1 Å². The van der Waals surface area contributed by atoms with E-state index in [9.17, 15) is 13.2 Å². The van der Waals surface area contributed by atoms with Crippen molar-refractivity contribution in [1.82, 2.24) is 9.03 Å². The maximum Gasteiger partial charge on any atom is 0.324 e. The average molecular weight is 298 g/mol. The molecule has 7 heteroatoms. The molecule has 1 heterocycles. The summed E-state index contributed by atoms with van der Waals surface area (Å²) in [6.07, 6.45) is 0.630. The van der Waals surface area contributed by atoms with Gasteiger partial charge in [0.05, 0.1) is 0 Å². The van der Waals surface area contributed by atoms with Gasteiger partial charge >= 0.3 is 5.97 Å². The van der Waals surface area contributed by atoms with Gasteiger partial charge in [-0.3, -0.25) is 4.79 Å². The lowest BCUT2D eigenvalue weighted by Gasteiger charge is -2.31. The highest BCUT2D eigenvalue weighted by molar-refractivity contribution is 7.87. The average Bonchev–Trinajstić information content (AvgIpc) is 2.36. The van der Waals surface area contributed by atoms with E-state index in [2.05, 4.69) is 4.72 Å². The second-order valence-electron chi connectivity index (χ2n) is 5.39. The zero-order chi connectivity index (χ0) is 15.0. The van der Waals surface area contributed by atoms with Crippen molar-refractivity contribution in [2.75, 3.05) is 6.54 Å². The van der Waals surface area contributed by atoms with Crippen LogP contribution >= 0.6 is 0 Å². The van der Waals surface area contributed by atoms with Crippen LogP contribution in [0.5, 0.6) is 0 Å². The lowest BCUT2D eigenvalue weighted by molar-refractivity contribution is -0.142. The van der Waals surface area contributed by atoms with E-state index in [0.717, 1.165) is 11.1 Å². The summed E-state index contributed by atoms with van der Waals surface area (Å²) >= 11 is 0. The molecule has 110 valence electrons. The van der Waals surface area contributed by atoms with Gasteiger partial charge in [-0.15, -0.1) is 0 Å². The van der Waals surface area contributed by atoms with Crippen molar-refractivity contribution in [3.8, 4) is 0 Å². The molecule has 0 amide bonds. The minimum atomic E-state index is -3.83. The summed E-state index contributed by atoms with van der Waals surface area (Å²) in [7, 11) is -3.83. The van der Waals surface area contributed by atoms with Crippen molar-refractivity contribution in [2.45, 2.75) is 32.4 Å². The van der Waals surface area contributed by atoms with Crippen molar-refractivity contribution in [1.29, 1.82) is 0 Å². The molecule has 0 spiro atoms. The first kappa shape index (κ1) is 15.0. The summed E-state index contributed by atoms with van der Waals surface area (Å²) < 4.78 is 28.0. The Morgan fingerprint density at radius 1 is 1.30 bits per heavy atom. The monoisotopic (exact) mass is 298 g/mol. The van der Waals surface area contributed by atoms with Gasteiger partial charge in [-0.1, -0.05) is 24.3 Å². The number of hydrogen-bond acceptors (Lipinski definition) is 3. The number of carboxylic acids is 1. The molecule has 0 saturated carbocycles. The van der Waals surface area contributed by atoms with E-state index in [0.29, 0.717) is 13.0 Å². The number of aliphatic carboxylic acids is 1. The molecule has 1 aliphatic rings. The van der Waals surface area contributed by atoms with Gasteiger partial charge in [0.25, 0.3) is 10.2 Å². The molecule has 1 aromatic rings. The fourth-order valence-electron chi connectivity index (χ4n) is 2.11.